The van der Waals surface area contributed by atoms with Crippen LogP contribution < -0.4 is 0 Å². The highest BCUT2D eigenvalue weighted by molar-refractivity contribution is 5.69. The van der Waals surface area contributed by atoms with E-state index in [4.69, 9.17) is 4.74 Å². The molecule has 2 heterocycles. The Kier molecular flexibility index (Phi) is 2.00. The zero-order valence-electron chi connectivity index (χ0n) is 8.86. The molecule has 80 valence electrons. The first-order valence-electron chi connectivity index (χ1n) is 5.06. The van der Waals surface area contributed by atoms with E-state index in [2.05, 4.69) is 0 Å². The molecule has 4 nitrogen and oxygen atoms in total. The van der Waals surface area contributed by atoms with Crippen LogP contribution in [0.5, 0.6) is 0 Å². The van der Waals surface area contributed by atoms with Crippen molar-refractivity contribution in [1.29, 1.82) is 0 Å². The van der Waals surface area contributed by atoms with Crippen molar-refractivity contribution in [3.63, 3.8) is 0 Å². The number of hydrogen-bond donors (Lipinski definition) is 1. The highest BCUT2D eigenvalue weighted by Gasteiger charge is 2.53. The first-order chi connectivity index (χ1) is 6.38. The van der Waals surface area contributed by atoms with E-state index in [1.807, 2.05) is 20.8 Å². The summed E-state index contributed by atoms with van der Waals surface area (Å²) in [6, 6.07) is 0.00912. The predicted molar refractivity (Wildman–Crippen MR) is 50.8 cm³/mol. The van der Waals surface area contributed by atoms with Crippen LogP contribution in [-0.4, -0.2) is 40.4 Å². The lowest BCUT2D eigenvalue weighted by atomic mass is 9.83. The molecule has 2 bridgehead atoms. The molecule has 14 heavy (non-hydrogen) atoms. The lowest BCUT2D eigenvalue weighted by Crippen LogP contribution is -2.46. The monoisotopic (exact) mass is 199 g/mol. The van der Waals surface area contributed by atoms with Gasteiger partial charge >= 0.3 is 6.09 Å². The number of hydrogen-bond acceptors (Lipinski definition) is 3. The van der Waals surface area contributed by atoms with Crippen LogP contribution in [0.15, 0.2) is 0 Å². The van der Waals surface area contributed by atoms with Crippen molar-refractivity contribution >= 4 is 6.09 Å². The molecule has 4 heteroatoms. The molecule has 3 fully saturated rings. The lowest BCUT2D eigenvalue weighted by molar-refractivity contribution is -0.00231. The number of carbonyl (C=O) groups excluding carboxylic acids is 1. The van der Waals surface area contributed by atoms with Crippen LogP contribution in [-0.2, 0) is 4.74 Å². The molecule has 1 N–H and O–H groups in total. The number of nitrogens with zero attached hydrogens (tertiary/aromatic N) is 1. The summed E-state index contributed by atoms with van der Waals surface area (Å²) in [6.45, 7) is 6.20. The first kappa shape index (κ1) is 9.77. The number of aliphatic hydroxyl groups is 1. The van der Waals surface area contributed by atoms with Crippen LogP contribution >= 0.6 is 0 Å². The summed E-state index contributed by atoms with van der Waals surface area (Å²) < 4.78 is 5.24. The van der Waals surface area contributed by atoms with Gasteiger partial charge in [0, 0.05) is 12.5 Å². The zero-order valence-corrected chi connectivity index (χ0v) is 8.86. The van der Waals surface area contributed by atoms with Crippen LogP contribution in [0.25, 0.3) is 0 Å². The minimum Gasteiger partial charge on any atom is -0.444 e. The van der Waals surface area contributed by atoms with Gasteiger partial charge in [-0.1, -0.05) is 0 Å². The van der Waals surface area contributed by atoms with Gasteiger partial charge in [0.25, 0.3) is 0 Å². The minimum absolute atomic E-state index is 0.00912. The van der Waals surface area contributed by atoms with Crippen LogP contribution in [0, 0.1) is 5.92 Å². The van der Waals surface area contributed by atoms with E-state index in [9.17, 15) is 9.90 Å². The molecule has 3 atom stereocenters. The molecular formula is C10H17NO3. The fourth-order valence-electron chi connectivity index (χ4n) is 2.12. The van der Waals surface area contributed by atoms with Crippen molar-refractivity contribution in [3.05, 3.63) is 0 Å². The number of fused-ring (bicyclic) bond motifs is 1. The van der Waals surface area contributed by atoms with Crippen LogP contribution in [0.2, 0.25) is 0 Å². The lowest BCUT2D eigenvalue weighted by Gasteiger charge is -2.32. The summed E-state index contributed by atoms with van der Waals surface area (Å²) in [5.74, 6) is 0.285. The van der Waals surface area contributed by atoms with Gasteiger partial charge in [0.05, 0.1) is 12.1 Å². The van der Waals surface area contributed by atoms with Crippen molar-refractivity contribution < 1.29 is 14.6 Å². The average molecular weight is 199 g/mol. The van der Waals surface area contributed by atoms with E-state index in [-0.39, 0.29) is 24.2 Å². The van der Waals surface area contributed by atoms with Gasteiger partial charge in [-0.2, -0.15) is 0 Å². The molecular weight excluding hydrogens is 182 g/mol. The molecule has 3 rings (SSSR count). The highest BCUT2D eigenvalue weighted by atomic mass is 16.6. The van der Waals surface area contributed by atoms with E-state index in [0.717, 1.165) is 6.42 Å². The molecule has 0 aromatic rings. The fraction of sp³-hybridized carbons (Fsp3) is 0.900. The molecule has 1 aliphatic carbocycles. The van der Waals surface area contributed by atoms with Crippen LogP contribution in [0.4, 0.5) is 4.79 Å². The Balaban J connectivity index is 1.94. The largest absolute Gasteiger partial charge is 0.444 e. The molecule has 1 saturated carbocycles. The summed E-state index contributed by atoms with van der Waals surface area (Å²) in [5.41, 5.74) is -0.449. The van der Waals surface area contributed by atoms with Gasteiger partial charge < -0.3 is 14.7 Å². The Morgan fingerprint density at radius 1 is 1.50 bits per heavy atom. The van der Waals surface area contributed by atoms with Gasteiger partial charge in [-0.25, -0.2) is 4.79 Å². The highest BCUT2D eigenvalue weighted by Crippen LogP contribution is 2.41. The van der Waals surface area contributed by atoms with E-state index >= 15 is 0 Å². The van der Waals surface area contributed by atoms with Gasteiger partial charge in [0.15, 0.2) is 0 Å². The summed E-state index contributed by atoms with van der Waals surface area (Å²) >= 11 is 0. The van der Waals surface area contributed by atoms with Gasteiger partial charge in [0.1, 0.15) is 5.60 Å². The Hall–Kier alpha value is -0.770. The SMILES string of the molecule is CC(C)(C)OC(=O)N1CC2CC1C2O. The van der Waals surface area contributed by atoms with Gasteiger partial charge in [-0.05, 0) is 27.2 Å². The molecule has 1 amide bonds. The van der Waals surface area contributed by atoms with E-state index in [1.54, 1.807) is 4.90 Å². The third kappa shape index (κ3) is 1.47. The predicted octanol–water partition coefficient (Wildman–Crippen LogP) is 0.986. The molecule has 3 aliphatic rings. The number of rotatable bonds is 0. The Labute approximate surface area is 83.8 Å². The van der Waals surface area contributed by atoms with E-state index in [0.29, 0.717) is 6.54 Å². The average Bonchev–Trinajstić information content (AvgIpc) is 2.55. The summed E-state index contributed by atoms with van der Waals surface area (Å²) in [7, 11) is 0. The topological polar surface area (TPSA) is 49.8 Å². The molecule has 3 unspecified atom stereocenters. The van der Waals surface area contributed by atoms with Crippen LogP contribution in [0.1, 0.15) is 27.2 Å². The Morgan fingerprint density at radius 3 is 2.50 bits per heavy atom. The third-order valence-corrected chi connectivity index (χ3v) is 2.88. The third-order valence-electron chi connectivity index (χ3n) is 2.88. The maximum Gasteiger partial charge on any atom is 0.410 e. The number of ether oxygens (including phenoxy) is 1. The van der Waals surface area contributed by atoms with Crippen molar-refractivity contribution in [3.8, 4) is 0 Å². The van der Waals surface area contributed by atoms with Crippen molar-refractivity contribution in [2.75, 3.05) is 6.54 Å². The Morgan fingerprint density at radius 2 is 2.14 bits per heavy atom. The van der Waals surface area contributed by atoms with Gasteiger partial charge in [0.2, 0.25) is 0 Å². The van der Waals surface area contributed by atoms with E-state index in [1.165, 1.54) is 0 Å². The maximum atomic E-state index is 11.6. The smallest absolute Gasteiger partial charge is 0.410 e. The number of aliphatic hydroxyl groups excluding tert-OH is 1. The normalized spacial score (nSPS) is 35.4. The first-order valence-corrected chi connectivity index (χ1v) is 5.06. The summed E-state index contributed by atoms with van der Waals surface area (Å²) in [5, 5.41) is 9.52. The molecule has 2 saturated heterocycles. The van der Waals surface area contributed by atoms with Crippen molar-refractivity contribution in [1.82, 2.24) is 4.90 Å². The van der Waals surface area contributed by atoms with Gasteiger partial charge in [-0.3, -0.25) is 0 Å². The summed E-state index contributed by atoms with van der Waals surface area (Å²) in [4.78, 5) is 13.3. The number of carbonyl (C=O) groups is 1. The second-order valence-corrected chi connectivity index (χ2v) is 5.19. The second-order valence-electron chi connectivity index (χ2n) is 5.19. The maximum absolute atomic E-state index is 11.6. The fourth-order valence-corrected chi connectivity index (χ4v) is 2.12. The number of amides is 1. The molecule has 0 aromatic carbocycles. The van der Waals surface area contributed by atoms with Crippen molar-refractivity contribution in [2.45, 2.75) is 44.9 Å². The summed E-state index contributed by atoms with van der Waals surface area (Å²) in [6.07, 6.45) is 0.324. The quantitative estimate of drug-likeness (QED) is 0.633. The zero-order chi connectivity index (χ0) is 10.5. The molecule has 0 spiro atoms. The standard InChI is InChI=1S/C10H17NO3/c1-10(2,3)14-9(13)11-5-6-4-7(11)8(6)12/h6-8,12H,4-5H2,1-3H3. The van der Waals surface area contributed by atoms with Gasteiger partial charge in [-0.15, -0.1) is 0 Å². The van der Waals surface area contributed by atoms with Crippen molar-refractivity contribution in [2.24, 2.45) is 5.92 Å². The minimum atomic E-state index is -0.449. The Bertz CT molecular complexity index is 259. The second kappa shape index (κ2) is 2.86. The van der Waals surface area contributed by atoms with Crippen LogP contribution in [0.3, 0.4) is 0 Å². The molecule has 0 radical (unpaired) electrons. The molecule has 2 aliphatic heterocycles. The molecule has 0 aromatic heterocycles. The van der Waals surface area contributed by atoms with E-state index < -0.39 is 5.60 Å².